The Hall–Kier alpha value is -0.950. The second kappa shape index (κ2) is 11.7. The Kier molecular flexibility index (Phi) is 10.4. The fourth-order valence-electron chi connectivity index (χ4n) is 2.28. The van der Waals surface area contributed by atoms with Crippen molar-refractivity contribution in [2.45, 2.75) is 31.8 Å². The van der Waals surface area contributed by atoms with Crippen LogP contribution >= 0.6 is 35.0 Å². The van der Waals surface area contributed by atoms with Crippen LogP contribution in [0.4, 0.5) is 0 Å². The number of nitrogens with zero attached hydrogens (tertiary/aromatic N) is 1. The summed E-state index contributed by atoms with van der Waals surface area (Å²) in [5.74, 6) is 0.205. The third kappa shape index (κ3) is 8.16. The lowest BCUT2D eigenvalue weighted by molar-refractivity contribution is -0.123. The number of rotatable bonds is 10. The molecule has 8 heteroatoms. The molecule has 26 heavy (non-hydrogen) atoms. The Labute approximate surface area is 170 Å². The molecule has 2 amide bonds. The van der Waals surface area contributed by atoms with Gasteiger partial charge in [-0.2, -0.15) is 11.8 Å². The zero-order valence-electron chi connectivity index (χ0n) is 15.6. The van der Waals surface area contributed by atoms with E-state index >= 15 is 0 Å². The molecule has 0 spiro atoms. The minimum Gasteiger partial charge on any atom is -0.352 e. The van der Waals surface area contributed by atoms with Crippen LogP contribution in [0.15, 0.2) is 18.2 Å². The standard InChI is InChI=1S/C18H27Cl2N3O2S/c1-12(7-9-23(2)3)21-18(25)16(8-10-26-4)22-17(24)14-6-5-13(19)11-15(14)20/h5-6,11-12,16H,7-10H2,1-4H3,(H,21,25)(H,22,24). The number of carbonyl (C=O) groups is 2. The summed E-state index contributed by atoms with van der Waals surface area (Å²) in [6.45, 7) is 2.84. The highest BCUT2D eigenvalue weighted by Crippen LogP contribution is 2.21. The summed E-state index contributed by atoms with van der Waals surface area (Å²) in [6.07, 6.45) is 3.35. The fourth-order valence-corrected chi connectivity index (χ4v) is 3.25. The Balaban J connectivity index is 2.75. The van der Waals surface area contributed by atoms with Gasteiger partial charge in [0.05, 0.1) is 10.6 Å². The van der Waals surface area contributed by atoms with Crippen molar-refractivity contribution in [1.82, 2.24) is 15.5 Å². The monoisotopic (exact) mass is 419 g/mol. The molecule has 2 unspecified atom stereocenters. The van der Waals surface area contributed by atoms with Gasteiger partial charge in [0, 0.05) is 11.1 Å². The maximum absolute atomic E-state index is 12.6. The normalized spacial score (nSPS) is 13.3. The Morgan fingerprint density at radius 3 is 2.46 bits per heavy atom. The molecule has 5 nitrogen and oxygen atoms in total. The summed E-state index contributed by atoms with van der Waals surface area (Å²) in [5, 5.41) is 6.50. The van der Waals surface area contributed by atoms with Crippen LogP contribution in [-0.4, -0.2) is 61.4 Å². The molecule has 0 bridgehead atoms. The molecule has 0 aliphatic carbocycles. The van der Waals surface area contributed by atoms with Gasteiger partial charge in [0.25, 0.3) is 5.91 Å². The molecule has 0 radical (unpaired) electrons. The molecular weight excluding hydrogens is 393 g/mol. The van der Waals surface area contributed by atoms with E-state index < -0.39 is 6.04 Å². The molecule has 0 aromatic heterocycles. The Morgan fingerprint density at radius 2 is 1.88 bits per heavy atom. The maximum Gasteiger partial charge on any atom is 0.253 e. The van der Waals surface area contributed by atoms with Gasteiger partial charge in [0.15, 0.2) is 0 Å². The van der Waals surface area contributed by atoms with E-state index in [1.54, 1.807) is 23.9 Å². The molecule has 0 aliphatic heterocycles. The van der Waals surface area contributed by atoms with Crippen molar-refractivity contribution in [3.8, 4) is 0 Å². The number of hydrogen-bond donors (Lipinski definition) is 2. The van der Waals surface area contributed by atoms with Crippen LogP contribution in [0, 0.1) is 0 Å². The smallest absolute Gasteiger partial charge is 0.253 e. The van der Waals surface area contributed by atoms with E-state index in [0.717, 1.165) is 18.7 Å². The molecule has 2 atom stereocenters. The minimum atomic E-state index is -0.608. The second-order valence-electron chi connectivity index (χ2n) is 6.43. The molecule has 1 aromatic rings. The third-order valence-corrected chi connectivity index (χ3v) is 5.00. The van der Waals surface area contributed by atoms with Gasteiger partial charge in [0.2, 0.25) is 5.91 Å². The number of amides is 2. The Morgan fingerprint density at radius 1 is 1.19 bits per heavy atom. The maximum atomic E-state index is 12.6. The number of hydrogen-bond acceptors (Lipinski definition) is 4. The van der Waals surface area contributed by atoms with E-state index in [-0.39, 0.29) is 22.9 Å². The van der Waals surface area contributed by atoms with E-state index in [1.807, 2.05) is 27.3 Å². The van der Waals surface area contributed by atoms with Crippen LogP contribution in [0.1, 0.15) is 30.1 Å². The molecule has 0 saturated carbocycles. The lowest BCUT2D eigenvalue weighted by Gasteiger charge is -2.22. The summed E-state index contributed by atoms with van der Waals surface area (Å²) in [7, 11) is 3.98. The van der Waals surface area contributed by atoms with E-state index in [9.17, 15) is 9.59 Å². The lowest BCUT2D eigenvalue weighted by Crippen LogP contribution is -2.49. The molecule has 2 N–H and O–H groups in total. The highest BCUT2D eigenvalue weighted by atomic mass is 35.5. The van der Waals surface area contributed by atoms with Gasteiger partial charge >= 0.3 is 0 Å². The molecule has 0 aliphatic rings. The zero-order valence-corrected chi connectivity index (χ0v) is 18.0. The minimum absolute atomic E-state index is 0.0256. The lowest BCUT2D eigenvalue weighted by atomic mass is 10.1. The largest absolute Gasteiger partial charge is 0.352 e. The van der Waals surface area contributed by atoms with Crippen molar-refractivity contribution < 1.29 is 9.59 Å². The summed E-state index contributed by atoms with van der Waals surface area (Å²) in [6, 6.07) is 4.09. The van der Waals surface area contributed by atoms with Crippen LogP contribution < -0.4 is 10.6 Å². The van der Waals surface area contributed by atoms with Gasteiger partial charge in [-0.15, -0.1) is 0 Å². The van der Waals surface area contributed by atoms with E-state index in [1.165, 1.54) is 6.07 Å². The average Bonchev–Trinajstić information content (AvgIpc) is 2.56. The van der Waals surface area contributed by atoms with Crippen LogP contribution in [0.3, 0.4) is 0 Å². The molecular formula is C18H27Cl2N3O2S. The third-order valence-electron chi connectivity index (χ3n) is 3.81. The highest BCUT2D eigenvalue weighted by Gasteiger charge is 2.23. The zero-order chi connectivity index (χ0) is 19.7. The van der Waals surface area contributed by atoms with Gasteiger partial charge in [-0.05, 0) is 70.6 Å². The molecule has 0 saturated heterocycles. The van der Waals surface area contributed by atoms with Gasteiger partial charge in [0.1, 0.15) is 6.04 Å². The number of carbonyl (C=O) groups excluding carboxylic acids is 2. The first kappa shape index (κ1) is 23.1. The molecule has 146 valence electrons. The van der Waals surface area contributed by atoms with Crippen LogP contribution in [-0.2, 0) is 4.79 Å². The van der Waals surface area contributed by atoms with Crippen LogP contribution in [0.25, 0.3) is 0 Å². The van der Waals surface area contributed by atoms with Gasteiger partial charge in [-0.25, -0.2) is 0 Å². The second-order valence-corrected chi connectivity index (χ2v) is 8.26. The van der Waals surface area contributed by atoms with Crippen molar-refractivity contribution in [3.05, 3.63) is 33.8 Å². The predicted octanol–water partition coefficient (Wildman–Crippen LogP) is 3.30. The summed E-state index contributed by atoms with van der Waals surface area (Å²) >= 11 is 13.6. The summed E-state index contributed by atoms with van der Waals surface area (Å²) < 4.78 is 0. The van der Waals surface area contributed by atoms with Crippen molar-refractivity contribution in [2.75, 3.05) is 32.6 Å². The van der Waals surface area contributed by atoms with E-state index in [0.29, 0.717) is 17.0 Å². The first-order chi connectivity index (χ1) is 12.2. The van der Waals surface area contributed by atoms with Crippen LogP contribution in [0.5, 0.6) is 0 Å². The number of thioether (sulfide) groups is 1. The van der Waals surface area contributed by atoms with Gasteiger partial charge < -0.3 is 15.5 Å². The van der Waals surface area contributed by atoms with Crippen molar-refractivity contribution in [3.63, 3.8) is 0 Å². The van der Waals surface area contributed by atoms with Crippen molar-refractivity contribution in [2.24, 2.45) is 0 Å². The van der Waals surface area contributed by atoms with Crippen molar-refractivity contribution >= 4 is 46.8 Å². The number of nitrogens with one attached hydrogen (secondary N) is 2. The molecule has 1 rings (SSSR count). The van der Waals surface area contributed by atoms with E-state index in [2.05, 4.69) is 15.5 Å². The molecule has 1 aromatic carbocycles. The summed E-state index contributed by atoms with van der Waals surface area (Å²) in [4.78, 5) is 27.2. The number of halogens is 2. The van der Waals surface area contributed by atoms with Crippen molar-refractivity contribution in [1.29, 1.82) is 0 Å². The topological polar surface area (TPSA) is 61.4 Å². The average molecular weight is 420 g/mol. The fraction of sp³-hybridized carbons (Fsp3) is 0.556. The van der Waals surface area contributed by atoms with E-state index in [4.69, 9.17) is 23.2 Å². The SMILES string of the molecule is CSCCC(NC(=O)c1ccc(Cl)cc1Cl)C(=O)NC(C)CCN(C)C. The van der Waals surface area contributed by atoms with Gasteiger partial charge in [-0.3, -0.25) is 9.59 Å². The quantitative estimate of drug-likeness (QED) is 0.610. The Bertz CT molecular complexity index is 614. The van der Waals surface area contributed by atoms with Gasteiger partial charge in [-0.1, -0.05) is 23.2 Å². The first-order valence-corrected chi connectivity index (χ1v) is 10.6. The number of benzene rings is 1. The first-order valence-electron chi connectivity index (χ1n) is 8.44. The summed E-state index contributed by atoms with van der Waals surface area (Å²) in [5.41, 5.74) is 0.304. The predicted molar refractivity (Wildman–Crippen MR) is 111 cm³/mol. The highest BCUT2D eigenvalue weighted by molar-refractivity contribution is 7.98. The molecule has 0 heterocycles. The van der Waals surface area contributed by atoms with Crippen LogP contribution in [0.2, 0.25) is 10.0 Å². The molecule has 0 fully saturated rings.